The number of carbonyl (C=O) groups is 1. The number of pyridine rings is 1. The summed E-state index contributed by atoms with van der Waals surface area (Å²) in [6.07, 6.45) is 2.61. The van der Waals surface area contributed by atoms with Gasteiger partial charge in [0.2, 0.25) is 5.91 Å². The van der Waals surface area contributed by atoms with Gasteiger partial charge in [-0.1, -0.05) is 55.9 Å². The first-order chi connectivity index (χ1) is 16.0. The first-order valence-electron chi connectivity index (χ1n) is 11.4. The second kappa shape index (κ2) is 11.7. The van der Waals surface area contributed by atoms with E-state index >= 15 is 0 Å². The normalized spacial score (nSPS) is 15.3. The molecule has 0 spiro atoms. The summed E-state index contributed by atoms with van der Waals surface area (Å²) in [5.41, 5.74) is 7.99. The molecule has 1 aliphatic rings. The van der Waals surface area contributed by atoms with Crippen LogP contribution in [0.1, 0.15) is 54.2 Å². The number of rotatable bonds is 8. The van der Waals surface area contributed by atoms with Gasteiger partial charge in [0, 0.05) is 19.6 Å². The van der Waals surface area contributed by atoms with Crippen molar-refractivity contribution in [2.75, 3.05) is 37.6 Å². The van der Waals surface area contributed by atoms with Crippen molar-refractivity contribution in [3.8, 4) is 12.1 Å². The van der Waals surface area contributed by atoms with Crippen LogP contribution >= 0.6 is 11.8 Å². The average molecular weight is 463 g/mol. The highest BCUT2D eigenvalue weighted by atomic mass is 32.2. The van der Waals surface area contributed by atoms with Crippen molar-refractivity contribution < 1.29 is 4.79 Å². The lowest BCUT2D eigenvalue weighted by Gasteiger charge is -2.26. The predicted octanol–water partition coefficient (Wildman–Crippen LogP) is 3.63. The number of hydrogen-bond donors (Lipinski definition) is 1. The number of anilines is 1. The lowest BCUT2D eigenvalue weighted by molar-refractivity contribution is -0.117. The second-order valence-electron chi connectivity index (χ2n) is 8.04. The molecule has 33 heavy (non-hydrogen) atoms. The lowest BCUT2D eigenvalue weighted by Crippen LogP contribution is -2.32. The van der Waals surface area contributed by atoms with Gasteiger partial charge in [-0.3, -0.25) is 4.79 Å². The Hall–Kier alpha value is -3.07. The van der Waals surface area contributed by atoms with E-state index in [1.54, 1.807) is 0 Å². The number of benzene rings is 1. The van der Waals surface area contributed by atoms with Gasteiger partial charge in [-0.2, -0.15) is 10.5 Å². The number of thioether (sulfide) groups is 1. The molecule has 0 bridgehead atoms. The molecule has 8 heteroatoms. The van der Waals surface area contributed by atoms with E-state index in [4.69, 9.17) is 10.7 Å². The minimum Gasteiger partial charge on any atom is -0.368 e. The van der Waals surface area contributed by atoms with E-state index in [2.05, 4.69) is 28.9 Å². The molecule has 7 nitrogen and oxygen atoms in total. The zero-order chi connectivity index (χ0) is 23.8. The van der Waals surface area contributed by atoms with Crippen LogP contribution in [0.2, 0.25) is 0 Å². The van der Waals surface area contributed by atoms with Crippen LogP contribution in [-0.2, 0) is 11.2 Å². The fourth-order valence-electron chi connectivity index (χ4n) is 4.25. The Balaban J connectivity index is 2.06. The molecular weight excluding hydrogens is 432 g/mol. The SMILES string of the molecule is CCCN1CCCN(c2nc(SC(C(N)=O)c3ccccc3)c(C#N)c(CC)c2C#N)CC1. The molecule has 172 valence electrons. The van der Waals surface area contributed by atoms with Crippen molar-refractivity contribution in [1.82, 2.24) is 9.88 Å². The van der Waals surface area contributed by atoms with Crippen LogP contribution in [0.5, 0.6) is 0 Å². The van der Waals surface area contributed by atoms with Gasteiger partial charge in [0.1, 0.15) is 28.2 Å². The maximum atomic E-state index is 12.3. The van der Waals surface area contributed by atoms with E-state index in [-0.39, 0.29) is 0 Å². The van der Waals surface area contributed by atoms with Crippen LogP contribution in [-0.4, -0.2) is 48.5 Å². The molecule has 1 aliphatic heterocycles. The number of nitrogens with two attached hydrogens (primary N) is 1. The van der Waals surface area contributed by atoms with E-state index in [1.165, 1.54) is 11.8 Å². The molecule has 1 aromatic heterocycles. The fraction of sp³-hybridized carbons (Fsp3) is 0.440. The van der Waals surface area contributed by atoms with Crippen LogP contribution in [0.25, 0.3) is 0 Å². The van der Waals surface area contributed by atoms with Gasteiger partial charge < -0.3 is 15.5 Å². The fourth-order valence-corrected chi connectivity index (χ4v) is 5.31. The van der Waals surface area contributed by atoms with Gasteiger partial charge in [-0.25, -0.2) is 4.98 Å². The summed E-state index contributed by atoms with van der Waals surface area (Å²) in [7, 11) is 0. The Bertz CT molecular complexity index is 1060. The molecule has 1 aromatic carbocycles. The maximum Gasteiger partial charge on any atom is 0.235 e. The summed E-state index contributed by atoms with van der Waals surface area (Å²) in [6, 6.07) is 13.8. The molecule has 2 heterocycles. The molecule has 0 radical (unpaired) electrons. The van der Waals surface area contributed by atoms with Gasteiger partial charge in [-0.15, -0.1) is 0 Å². The average Bonchev–Trinajstić information content (AvgIpc) is 3.07. The standard InChI is InChI=1S/C25H30N6OS/c1-3-11-30-12-8-13-31(15-14-30)24-20(16-26)19(4-2)21(17-27)25(29-24)33-22(23(28)32)18-9-6-5-7-10-18/h5-7,9-10,22H,3-4,8,11-15H2,1-2H3,(H2,28,32). The van der Waals surface area contributed by atoms with Crippen LogP contribution < -0.4 is 10.6 Å². The smallest absolute Gasteiger partial charge is 0.235 e. The van der Waals surface area contributed by atoms with Crippen molar-refractivity contribution in [2.24, 2.45) is 5.73 Å². The molecule has 1 fully saturated rings. The lowest BCUT2D eigenvalue weighted by atomic mass is 10.0. The van der Waals surface area contributed by atoms with Crippen molar-refractivity contribution in [3.63, 3.8) is 0 Å². The van der Waals surface area contributed by atoms with Gasteiger partial charge in [0.15, 0.2) is 0 Å². The van der Waals surface area contributed by atoms with Crippen LogP contribution in [0.3, 0.4) is 0 Å². The number of nitrogens with zero attached hydrogens (tertiary/aromatic N) is 5. The number of amides is 1. The van der Waals surface area contributed by atoms with Gasteiger partial charge in [0.05, 0.1) is 11.1 Å². The summed E-state index contributed by atoms with van der Waals surface area (Å²) < 4.78 is 0. The molecule has 0 aliphatic carbocycles. The van der Waals surface area contributed by atoms with Crippen molar-refractivity contribution in [2.45, 2.75) is 43.4 Å². The molecule has 1 atom stereocenters. The van der Waals surface area contributed by atoms with E-state index in [9.17, 15) is 15.3 Å². The van der Waals surface area contributed by atoms with Crippen LogP contribution in [0.4, 0.5) is 5.82 Å². The summed E-state index contributed by atoms with van der Waals surface area (Å²) in [5.74, 6) is 0.108. The third kappa shape index (κ3) is 5.65. The zero-order valence-electron chi connectivity index (χ0n) is 19.3. The summed E-state index contributed by atoms with van der Waals surface area (Å²) in [5, 5.41) is 19.7. The first kappa shape index (κ1) is 24.6. The number of hydrogen-bond acceptors (Lipinski definition) is 7. The highest BCUT2D eigenvalue weighted by Crippen LogP contribution is 2.39. The topological polar surface area (TPSA) is 110 Å². The summed E-state index contributed by atoms with van der Waals surface area (Å²) >= 11 is 1.19. The first-order valence-corrected chi connectivity index (χ1v) is 12.3. The monoisotopic (exact) mass is 462 g/mol. The van der Waals surface area contributed by atoms with Crippen molar-refractivity contribution >= 4 is 23.5 Å². The maximum absolute atomic E-state index is 12.3. The molecule has 3 rings (SSSR count). The van der Waals surface area contributed by atoms with E-state index < -0.39 is 11.2 Å². The Labute approximate surface area is 200 Å². The minimum absolute atomic E-state index is 0.354. The van der Waals surface area contributed by atoms with Crippen LogP contribution in [0.15, 0.2) is 35.4 Å². The third-order valence-corrected chi connectivity index (χ3v) is 7.10. The summed E-state index contributed by atoms with van der Waals surface area (Å²) in [4.78, 5) is 21.7. The largest absolute Gasteiger partial charge is 0.368 e. The zero-order valence-corrected chi connectivity index (χ0v) is 20.1. The Morgan fingerprint density at radius 3 is 2.45 bits per heavy atom. The number of carbonyl (C=O) groups excluding carboxylic acids is 1. The number of nitriles is 2. The molecule has 1 saturated heterocycles. The molecule has 1 amide bonds. The quantitative estimate of drug-likeness (QED) is 0.597. The Morgan fingerprint density at radius 1 is 1.12 bits per heavy atom. The highest BCUT2D eigenvalue weighted by Gasteiger charge is 2.28. The minimum atomic E-state index is -0.680. The van der Waals surface area contributed by atoms with Crippen molar-refractivity contribution in [3.05, 3.63) is 52.6 Å². The van der Waals surface area contributed by atoms with Gasteiger partial charge in [0.25, 0.3) is 0 Å². The van der Waals surface area contributed by atoms with E-state index in [0.717, 1.165) is 51.1 Å². The van der Waals surface area contributed by atoms with Crippen molar-refractivity contribution in [1.29, 1.82) is 10.5 Å². The second-order valence-corrected chi connectivity index (χ2v) is 9.13. The predicted molar refractivity (Wildman–Crippen MR) is 131 cm³/mol. The van der Waals surface area contributed by atoms with E-state index in [0.29, 0.717) is 34.0 Å². The van der Waals surface area contributed by atoms with Gasteiger partial charge >= 0.3 is 0 Å². The van der Waals surface area contributed by atoms with Gasteiger partial charge in [-0.05, 0) is 43.5 Å². The summed E-state index contributed by atoms with van der Waals surface area (Å²) in [6.45, 7) is 8.64. The molecule has 2 aromatic rings. The number of primary amides is 1. The third-order valence-electron chi connectivity index (χ3n) is 5.84. The Morgan fingerprint density at radius 2 is 1.85 bits per heavy atom. The Kier molecular flexibility index (Phi) is 8.71. The highest BCUT2D eigenvalue weighted by molar-refractivity contribution is 8.00. The van der Waals surface area contributed by atoms with E-state index in [1.807, 2.05) is 37.3 Å². The molecule has 1 unspecified atom stereocenters. The molecular formula is C25H30N6OS. The molecule has 2 N–H and O–H groups in total. The molecule has 0 saturated carbocycles. The van der Waals surface area contributed by atoms with Crippen LogP contribution in [0, 0.1) is 22.7 Å². The number of aromatic nitrogens is 1.